The Morgan fingerprint density at radius 3 is 1.76 bits per heavy atom. The summed E-state index contributed by atoms with van der Waals surface area (Å²) in [5.74, 6) is 0.545. The minimum Gasteiger partial charge on any atom is -0.310 e. The number of anilines is 8. The fraction of sp³-hybridized carbons (Fsp3) is 0.167. The first kappa shape index (κ1) is 37.6. The number of rotatable bonds is 7. The van der Waals surface area contributed by atoms with Gasteiger partial charge in [0.1, 0.15) is 0 Å². The van der Waals surface area contributed by atoms with Gasteiger partial charge in [-0.05, 0) is 125 Å². The molecule has 1 unspecified atom stereocenters. The molecule has 1 saturated carbocycles. The second-order valence-corrected chi connectivity index (χ2v) is 18.3. The molecule has 3 heteroatoms. The molecule has 0 radical (unpaired) electrons. The molecule has 0 aromatic heterocycles. The Labute approximate surface area is 372 Å². The van der Waals surface area contributed by atoms with Crippen LogP contribution in [0, 0.1) is 0 Å². The molecule has 2 aliphatic heterocycles. The van der Waals surface area contributed by atoms with E-state index < -0.39 is 0 Å². The van der Waals surface area contributed by atoms with Crippen molar-refractivity contribution in [1.82, 2.24) is 0 Å². The fourth-order valence-corrected chi connectivity index (χ4v) is 11.5. The SMILES string of the molecule is CC1(C)C2=C(c3ccccc31)N(c1cccc(-c3ccccc3)c1)c1cc(C3CCCCC3)cc3c1C2c1ccc(N(c2ccccc2)c2ccccc2)cc1N3c1ccccc1. The van der Waals surface area contributed by atoms with Gasteiger partial charge in [0.15, 0.2) is 0 Å². The van der Waals surface area contributed by atoms with E-state index in [1.165, 1.54) is 111 Å². The zero-order chi connectivity index (χ0) is 42.1. The monoisotopic (exact) mass is 813 g/mol. The first-order chi connectivity index (χ1) is 31.0. The molecule has 63 heavy (non-hydrogen) atoms. The average Bonchev–Trinajstić information content (AvgIpc) is 3.58. The lowest BCUT2D eigenvalue weighted by Gasteiger charge is -2.48. The highest BCUT2D eigenvalue weighted by molar-refractivity contribution is 6.04. The van der Waals surface area contributed by atoms with Gasteiger partial charge < -0.3 is 14.7 Å². The molecule has 0 amide bonds. The van der Waals surface area contributed by atoms with Crippen molar-refractivity contribution in [3.63, 3.8) is 0 Å². The first-order valence-electron chi connectivity index (χ1n) is 22.9. The number of hydrogen-bond donors (Lipinski definition) is 0. The maximum atomic E-state index is 2.67. The second kappa shape index (κ2) is 15.1. The molecular weight excluding hydrogens is 763 g/mol. The van der Waals surface area contributed by atoms with Gasteiger partial charge in [-0.25, -0.2) is 0 Å². The van der Waals surface area contributed by atoms with Crippen LogP contribution < -0.4 is 14.7 Å². The van der Waals surface area contributed by atoms with Gasteiger partial charge in [-0.3, -0.25) is 0 Å². The van der Waals surface area contributed by atoms with Crippen molar-refractivity contribution in [2.75, 3.05) is 14.7 Å². The molecule has 2 aliphatic carbocycles. The fourth-order valence-electron chi connectivity index (χ4n) is 11.5. The van der Waals surface area contributed by atoms with Gasteiger partial charge in [-0.15, -0.1) is 0 Å². The Bertz CT molecular complexity index is 2980. The third kappa shape index (κ3) is 6.08. The van der Waals surface area contributed by atoms with Crippen LogP contribution in [0.5, 0.6) is 0 Å². The lowest BCUT2D eigenvalue weighted by Crippen LogP contribution is -2.34. The molecular formula is C60H51N3. The highest BCUT2D eigenvalue weighted by Gasteiger charge is 2.51. The van der Waals surface area contributed by atoms with Crippen LogP contribution in [0.3, 0.4) is 0 Å². The van der Waals surface area contributed by atoms with Crippen molar-refractivity contribution < 1.29 is 0 Å². The molecule has 306 valence electrons. The van der Waals surface area contributed by atoms with Crippen LogP contribution in [0.4, 0.5) is 45.5 Å². The van der Waals surface area contributed by atoms with E-state index in [1.54, 1.807) is 0 Å². The minimum atomic E-state index is -0.242. The Kier molecular flexibility index (Phi) is 9.00. The Balaban J connectivity index is 1.18. The van der Waals surface area contributed by atoms with Gasteiger partial charge in [0.2, 0.25) is 0 Å². The summed E-state index contributed by atoms with van der Waals surface area (Å²) in [7, 11) is 0. The van der Waals surface area contributed by atoms with Crippen molar-refractivity contribution in [3.05, 3.63) is 234 Å². The normalized spacial score (nSPS) is 17.1. The number of allylic oxidation sites excluding steroid dienone is 1. The third-order valence-corrected chi connectivity index (χ3v) is 14.4. The van der Waals surface area contributed by atoms with Crippen molar-refractivity contribution in [2.45, 2.75) is 63.2 Å². The smallest absolute Gasteiger partial charge is 0.0547 e. The lowest BCUT2D eigenvalue weighted by molar-refractivity contribution is 0.443. The first-order valence-corrected chi connectivity index (χ1v) is 22.9. The lowest BCUT2D eigenvalue weighted by atomic mass is 9.67. The Morgan fingerprint density at radius 2 is 1.06 bits per heavy atom. The van der Waals surface area contributed by atoms with Crippen LogP contribution in [-0.2, 0) is 5.41 Å². The maximum absolute atomic E-state index is 2.67. The summed E-state index contributed by atoms with van der Waals surface area (Å²) < 4.78 is 0. The van der Waals surface area contributed by atoms with Crippen LogP contribution in [0.25, 0.3) is 16.8 Å². The molecule has 0 bridgehead atoms. The number of hydrogen-bond acceptors (Lipinski definition) is 3. The molecule has 8 aromatic rings. The molecule has 4 aliphatic rings. The third-order valence-electron chi connectivity index (χ3n) is 14.4. The molecule has 8 aromatic carbocycles. The van der Waals surface area contributed by atoms with Crippen molar-refractivity contribution >= 4 is 51.2 Å². The molecule has 0 spiro atoms. The Morgan fingerprint density at radius 1 is 0.476 bits per heavy atom. The standard InChI is InChI=1S/C60H51N3/c1-60(2)52-34-19-18-33-50(52)59-58(60)56-51-36-35-49(61(45-26-12-5-13-27-45)46-28-14-6-15-29-46)40-53(51)62(47-30-16-7-17-31-47)54-38-44(42-23-10-4-11-24-42)39-55(57(54)56)63(59)48-32-20-25-43(37-48)41-21-8-3-9-22-41/h3,5-9,12-22,25-40,42,56H,4,10-11,23-24H2,1-2H3. The number of fused-ring (bicyclic) bond motifs is 5. The largest absolute Gasteiger partial charge is 0.310 e. The topological polar surface area (TPSA) is 9.72 Å². The molecule has 12 rings (SSSR count). The minimum absolute atomic E-state index is 0.0345. The highest BCUT2D eigenvalue weighted by Crippen LogP contribution is 2.66. The summed E-state index contributed by atoms with van der Waals surface area (Å²) in [6, 6.07) is 74.7. The van der Waals surface area contributed by atoms with Gasteiger partial charge in [-0.1, -0.05) is 161 Å². The summed E-state index contributed by atoms with van der Waals surface area (Å²) in [5, 5.41) is 0. The van der Waals surface area contributed by atoms with E-state index in [2.05, 4.69) is 229 Å². The second-order valence-electron chi connectivity index (χ2n) is 18.3. The predicted octanol–water partition coefficient (Wildman–Crippen LogP) is 16.6. The van der Waals surface area contributed by atoms with Gasteiger partial charge in [0.25, 0.3) is 0 Å². The summed E-state index contributed by atoms with van der Waals surface area (Å²) in [5.41, 5.74) is 21.6. The van der Waals surface area contributed by atoms with Crippen LogP contribution >= 0.6 is 0 Å². The van der Waals surface area contributed by atoms with Crippen molar-refractivity contribution in [2.24, 2.45) is 0 Å². The number of nitrogens with zero attached hydrogens (tertiary/aromatic N) is 3. The summed E-state index contributed by atoms with van der Waals surface area (Å²) >= 11 is 0. The molecule has 1 atom stereocenters. The molecule has 2 heterocycles. The molecule has 3 nitrogen and oxygen atoms in total. The van der Waals surface area contributed by atoms with Gasteiger partial charge >= 0.3 is 0 Å². The summed E-state index contributed by atoms with van der Waals surface area (Å²) in [6.45, 7) is 4.94. The molecule has 0 saturated heterocycles. The van der Waals surface area contributed by atoms with E-state index in [9.17, 15) is 0 Å². The van der Waals surface area contributed by atoms with Crippen LogP contribution in [-0.4, -0.2) is 0 Å². The zero-order valence-electron chi connectivity index (χ0n) is 36.1. The predicted molar refractivity (Wildman–Crippen MR) is 264 cm³/mol. The highest BCUT2D eigenvalue weighted by atomic mass is 15.2. The average molecular weight is 814 g/mol. The van der Waals surface area contributed by atoms with E-state index in [4.69, 9.17) is 0 Å². The van der Waals surface area contributed by atoms with Crippen molar-refractivity contribution in [1.29, 1.82) is 0 Å². The van der Waals surface area contributed by atoms with Crippen LogP contribution in [0.15, 0.2) is 206 Å². The van der Waals surface area contributed by atoms with Crippen LogP contribution in [0.2, 0.25) is 0 Å². The van der Waals surface area contributed by atoms with Gasteiger partial charge in [-0.2, -0.15) is 0 Å². The van der Waals surface area contributed by atoms with Crippen molar-refractivity contribution in [3.8, 4) is 11.1 Å². The molecule has 0 N–H and O–H groups in total. The van der Waals surface area contributed by atoms with Crippen LogP contribution in [0.1, 0.15) is 85.6 Å². The van der Waals surface area contributed by atoms with E-state index in [0.29, 0.717) is 5.92 Å². The summed E-state index contributed by atoms with van der Waals surface area (Å²) in [6.07, 6.45) is 6.34. The van der Waals surface area contributed by atoms with E-state index >= 15 is 0 Å². The zero-order valence-corrected chi connectivity index (χ0v) is 36.1. The van der Waals surface area contributed by atoms with E-state index in [-0.39, 0.29) is 11.3 Å². The van der Waals surface area contributed by atoms with E-state index in [1.807, 2.05) is 0 Å². The maximum Gasteiger partial charge on any atom is 0.0547 e. The van der Waals surface area contributed by atoms with Gasteiger partial charge in [0.05, 0.1) is 22.8 Å². The Hall–Kier alpha value is -7.10. The number of para-hydroxylation sites is 3. The number of benzene rings is 8. The van der Waals surface area contributed by atoms with Gasteiger partial charge in [0, 0.05) is 50.9 Å². The summed E-state index contributed by atoms with van der Waals surface area (Å²) in [4.78, 5) is 7.69. The van der Waals surface area contributed by atoms with E-state index in [0.717, 1.165) is 17.1 Å². The molecule has 1 fully saturated rings. The quantitative estimate of drug-likeness (QED) is 0.159.